The second kappa shape index (κ2) is 8.87. The summed E-state index contributed by atoms with van der Waals surface area (Å²) in [5.74, 6) is -0.678. The van der Waals surface area contributed by atoms with Crippen LogP contribution in [-0.4, -0.2) is 45.0 Å². The standard InChI is InChI=1S/C20H17F3N4O3/c1-12(11-28)25-19(29)17-9-16(26-18(27-17)14-3-2-8-24-10-14)13-4-6-15(7-5-13)30-20(21,22)23/h2-10,12,28H,11H2,1H3,(H,25,29). The van der Waals surface area contributed by atoms with Crippen LogP contribution in [0.15, 0.2) is 54.9 Å². The Morgan fingerprint density at radius 1 is 1.17 bits per heavy atom. The smallest absolute Gasteiger partial charge is 0.406 e. The van der Waals surface area contributed by atoms with E-state index in [-0.39, 0.29) is 23.9 Å². The minimum absolute atomic E-state index is 0.0368. The number of alkyl halides is 3. The van der Waals surface area contributed by atoms with Crippen LogP contribution in [-0.2, 0) is 0 Å². The summed E-state index contributed by atoms with van der Waals surface area (Å²) in [4.78, 5) is 25.2. The van der Waals surface area contributed by atoms with Gasteiger partial charge in [-0.1, -0.05) is 0 Å². The normalized spacial score (nSPS) is 12.3. The third-order valence-electron chi connectivity index (χ3n) is 3.91. The fourth-order valence-corrected chi connectivity index (χ4v) is 2.51. The van der Waals surface area contributed by atoms with Crippen molar-refractivity contribution in [3.63, 3.8) is 0 Å². The zero-order valence-corrected chi connectivity index (χ0v) is 15.7. The molecule has 1 atom stereocenters. The molecule has 7 nitrogen and oxygen atoms in total. The van der Waals surface area contributed by atoms with E-state index in [1.807, 2.05) is 0 Å². The summed E-state index contributed by atoms with van der Waals surface area (Å²) >= 11 is 0. The fraction of sp³-hybridized carbons (Fsp3) is 0.200. The van der Waals surface area contributed by atoms with Gasteiger partial charge in [0.15, 0.2) is 5.82 Å². The van der Waals surface area contributed by atoms with Crippen LogP contribution in [0.4, 0.5) is 13.2 Å². The molecule has 156 valence electrons. The van der Waals surface area contributed by atoms with Gasteiger partial charge in [-0.3, -0.25) is 9.78 Å². The summed E-state index contributed by atoms with van der Waals surface area (Å²) in [7, 11) is 0. The predicted octanol–water partition coefficient (Wildman–Crippen LogP) is 3.21. The number of aliphatic hydroxyl groups is 1. The molecule has 0 spiro atoms. The van der Waals surface area contributed by atoms with E-state index in [0.29, 0.717) is 16.8 Å². The molecule has 2 aromatic heterocycles. The van der Waals surface area contributed by atoms with Gasteiger partial charge >= 0.3 is 6.36 Å². The number of pyridine rings is 1. The van der Waals surface area contributed by atoms with Crippen LogP contribution >= 0.6 is 0 Å². The summed E-state index contributed by atoms with van der Waals surface area (Å²) in [6.45, 7) is 1.38. The van der Waals surface area contributed by atoms with Crippen molar-refractivity contribution in [2.24, 2.45) is 0 Å². The monoisotopic (exact) mass is 418 g/mol. The van der Waals surface area contributed by atoms with E-state index in [0.717, 1.165) is 12.1 Å². The maximum absolute atomic E-state index is 12.5. The first-order chi connectivity index (χ1) is 14.2. The van der Waals surface area contributed by atoms with E-state index in [4.69, 9.17) is 5.11 Å². The first-order valence-electron chi connectivity index (χ1n) is 8.82. The molecule has 2 N–H and O–H groups in total. The van der Waals surface area contributed by atoms with E-state index in [1.54, 1.807) is 25.3 Å². The number of nitrogens with zero attached hydrogens (tertiary/aromatic N) is 3. The Morgan fingerprint density at radius 3 is 2.50 bits per heavy atom. The van der Waals surface area contributed by atoms with Gasteiger partial charge in [0.25, 0.3) is 5.91 Å². The van der Waals surface area contributed by atoms with Gasteiger partial charge in [-0.05, 0) is 49.4 Å². The van der Waals surface area contributed by atoms with Crippen molar-refractivity contribution in [2.45, 2.75) is 19.3 Å². The van der Waals surface area contributed by atoms with Crippen molar-refractivity contribution in [3.8, 4) is 28.4 Å². The Bertz CT molecular complexity index is 1010. The lowest BCUT2D eigenvalue weighted by molar-refractivity contribution is -0.274. The lowest BCUT2D eigenvalue weighted by Gasteiger charge is -2.13. The number of hydrogen-bond acceptors (Lipinski definition) is 6. The number of rotatable bonds is 6. The zero-order chi connectivity index (χ0) is 21.7. The summed E-state index contributed by atoms with van der Waals surface area (Å²) in [6, 6.07) is 9.43. The maximum Gasteiger partial charge on any atom is 0.573 e. The van der Waals surface area contributed by atoms with Gasteiger partial charge < -0.3 is 15.2 Å². The van der Waals surface area contributed by atoms with Gasteiger partial charge in [0.1, 0.15) is 11.4 Å². The van der Waals surface area contributed by atoms with Crippen molar-refractivity contribution in [3.05, 3.63) is 60.6 Å². The third-order valence-corrected chi connectivity index (χ3v) is 3.91. The third kappa shape index (κ3) is 5.51. The number of halogens is 3. The van der Waals surface area contributed by atoms with E-state index in [9.17, 15) is 18.0 Å². The first kappa shape index (κ1) is 21.2. The molecular weight excluding hydrogens is 401 g/mol. The van der Waals surface area contributed by atoms with Gasteiger partial charge in [-0.25, -0.2) is 9.97 Å². The highest BCUT2D eigenvalue weighted by Gasteiger charge is 2.31. The molecule has 30 heavy (non-hydrogen) atoms. The van der Waals surface area contributed by atoms with Gasteiger partial charge in [-0.15, -0.1) is 13.2 Å². The Balaban J connectivity index is 2.00. The van der Waals surface area contributed by atoms with Crippen molar-refractivity contribution >= 4 is 5.91 Å². The second-order valence-electron chi connectivity index (χ2n) is 6.33. The van der Waals surface area contributed by atoms with Crippen LogP contribution < -0.4 is 10.1 Å². The summed E-state index contributed by atoms with van der Waals surface area (Å²) in [5.41, 5.74) is 1.38. The molecule has 0 saturated heterocycles. The highest BCUT2D eigenvalue weighted by atomic mass is 19.4. The summed E-state index contributed by atoms with van der Waals surface area (Å²) < 4.78 is 41.0. The average molecular weight is 418 g/mol. The number of benzene rings is 1. The topological polar surface area (TPSA) is 97.2 Å². The minimum Gasteiger partial charge on any atom is -0.406 e. The van der Waals surface area contributed by atoms with Crippen molar-refractivity contribution in [1.29, 1.82) is 0 Å². The Morgan fingerprint density at radius 2 is 1.90 bits per heavy atom. The number of nitrogens with one attached hydrogen (secondary N) is 1. The van der Waals surface area contributed by atoms with Crippen LogP contribution in [0.3, 0.4) is 0 Å². The van der Waals surface area contributed by atoms with Crippen LogP contribution in [0.25, 0.3) is 22.6 Å². The molecule has 1 amide bonds. The lowest BCUT2D eigenvalue weighted by Crippen LogP contribution is -2.35. The summed E-state index contributed by atoms with van der Waals surface area (Å²) in [6.07, 6.45) is -1.70. The van der Waals surface area contributed by atoms with Crippen LogP contribution in [0.1, 0.15) is 17.4 Å². The average Bonchev–Trinajstić information content (AvgIpc) is 2.73. The van der Waals surface area contributed by atoms with Crippen LogP contribution in [0.5, 0.6) is 5.75 Å². The van der Waals surface area contributed by atoms with Crippen molar-refractivity contribution in [2.75, 3.05) is 6.61 Å². The fourth-order valence-electron chi connectivity index (χ4n) is 2.51. The first-order valence-corrected chi connectivity index (χ1v) is 8.82. The molecule has 1 aromatic carbocycles. The molecule has 0 bridgehead atoms. The van der Waals surface area contributed by atoms with Crippen molar-refractivity contribution < 1.29 is 27.8 Å². The second-order valence-corrected chi connectivity index (χ2v) is 6.33. The molecule has 10 heteroatoms. The number of carbonyl (C=O) groups is 1. The quantitative estimate of drug-likeness (QED) is 0.638. The molecule has 3 rings (SSSR count). The number of aliphatic hydroxyl groups excluding tert-OH is 1. The highest BCUT2D eigenvalue weighted by Crippen LogP contribution is 2.27. The molecule has 0 radical (unpaired) electrons. The molecule has 0 saturated carbocycles. The number of carbonyl (C=O) groups excluding carboxylic acids is 1. The molecule has 1 unspecified atom stereocenters. The minimum atomic E-state index is -4.79. The highest BCUT2D eigenvalue weighted by molar-refractivity contribution is 5.94. The molecule has 0 aliphatic rings. The lowest BCUT2D eigenvalue weighted by atomic mass is 10.1. The number of amides is 1. The van der Waals surface area contributed by atoms with Crippen LogP contribution in [0, 0.1) is 0 Å². The van der Waals surface area contributed by atoms with E-state index >= 15 is 0 Å². The van der Waals surface area contributed by atoms with Crippen molar-refractivity contribution in [1.82, 2.24) is 20.3 Å². The molecule has 0 aliphatic heterocycles. The maximum atomic E-state index is 12.5. The van der Waals surface area contributed by atoms with E-state index < -0.39 is 18.3 Å². The van der Waals surface area contributed by atoms with E-state index in [2.05, 4.69) is 25.0 Å². The SMILES string of the molecule is CC(CO)NC(=O)c1cc(-c2ccc(OC(F)(F)F)cc2)nc(-c2cccnc2)n1. The van der Waals surface area contributed by atoms with Crippen LogP contribution in [0.2, 0.25) is 0 Å². The molecule has 0 aliphatic carbocycles. The van der Waals surface area contributed by atoms with E-state index in [1.165, 1.54) is 24.4 Å². The Kier molecular flexibility index (Phi) is 6.26. The van der Waals surface area contributed by atoms with Gasteiger partial charge in [-0.2, -0.15) is 0 Å². The zero-order valence-electron chi connectivity index (χ0n) is 15.7. The Labute approximate surface area is 169 Å². The number of aromatic nitrogens is 3. The Hall–Kier alpha value is -3.53. The number of hydrogen-bond donors (Lipinski definition) is 2. The molecule has 2 heterocycles. The number of ether oxygens (including phenoxy) is 1. The van der Waals surface area contributed by atoms with Gasteiger partial charge in [0, 0.05) is 29.6 Å². The summed E-state index contributed by atoms with van der Waals surface area (Å²) in [5, 5.41) is 11.8. The van der Waals surface area contributed by atoms with Gasteiger partial charge in [0.2, 0.25) is 0 Å². The predicted molar refractivity (Wildman–Crippen MR) is 101 cm³/mol. The largest absolute Gasteiger partial charge is 0.573 e. The molecule has 0 fully saturated rings. The molecular formula is C20H17F3N4O3. The molecule has 3 aromatic rings. The van der Waals surface area contributed by atoms with Gasteiger partial charge in [0.05, 0.1) is 12.3 Å².